The average molecular weight is 485 g/mol. The number of carbonyl (C=O) groups excluding carboxylic acids is 1. The highest BCUT2D eigenvalue weighted by Gasteiger charge is 2.22. The molecule has 2 aromatic rings. The fourth-order valence-corrected chi connectivity index (χ4v) is 4.11. The summed E-state index contributed by atoms with van der Waals surface area (Å²) < 4.78 is 37.2. The Kier molecular flexibility index (Phi) is 8.33. The second kappa shape index (κ2) is 10.5. The molecule has 7 nitrogen and oxygen atoms in total. The monoisotopic (exact) mass is 484 g/mol. The number of amides is 1. The molecule has 1 amide bonds. The van der Waals surface area contributed by atoms with Crippen LogP contribution in [0.1, 0.15) is 19.4 Å². The first-order valence-corrected chi connectivity index (χ1v) is 11.8. The summed E-state index contributed by atoms with van der Waals surface area (Å²) in [6.07, 6.45) is 1.07. The third kappa shape index (κ3) is 6.64. The number of halogens is 1. The van der Waals surface area contributed by atoms with Crippen molar-refractivity contribution in [2.45, 2.75) is 20.4 Å². The first-order valence-electron chi connectivity index (χ1n) is 9.13. The van der Waals surface area contributed by atoms with Gasteiger partial charge in [0.15, 0.2) is 11.5 Å². The number of anilines is 1. The van der Waals surface area contributed by atoms with Crippen LogP contribution in [0.2, 0.25) is 0 Å². The molecule has 0 saturated carbocycles. The van der Waals surface area contributed by atoms with Gasteiger partial charge in [-0.25, -0.2) is 8.42 Å². The highest BCUT2D eigenvalue weighted by Crippen LogP contribution is 2.29. The number of hydrogen-bond acceptors (Lipinski definition) is 5. The predicted molar refractivity (Wildman–Crippen MR) is 117 cm³/mol. The molecule has 1 N–H and O–H groups in total. The fraction of sp³-hybridized carbons (Fsp3) is 0.350. The standard InChI is InChI=1S/C20H25BrN2O5S/c1-4-27-18-11-10-15(12-19(18)28-5-2)13-22-20(24)14-23(29(3,25)26)17-9-7-6-8-16(17)21/h6-12H,4-5,13-14H2,1-3H3,(H,22,24). The lowest BCUT2D eigenvalue weighted by molar-refractivity contribution is -0.119. The number of hydrogen-bond donors (Lipinski definition) is 1. The molecule has 2 rings (SSSR count). The molecule has 0 aliphatic heterocycles. The van der Waals surface area contributed by atoms with Crippen molar-refractivity contribution < 1.29 is 22.7 Å². The summed E-state index contributed by atoms with van der Waals surface area (Å²) in [5.41, 5.74) is 1.22. The van der Waals surface area contributed by atoms with Crippen molar-refractivity contribution in [1.82, 2.24) is 5.32 Å². The predicted octanol–water partition coefficient (Wildman–Crippen LogP) is 3.33. The minimum atomic E-state index is -3.64. The number of sulfonamides is 1. The van der Waals surface area contributed by atoms with E-state index >= 15 is 0 Å². The van der Waals surface area contributed by atoms with E-state index in [1.807, 2.05) is 19.9 Å². The number of ether oxygens (including phenoxy) is 2. The van der Waals surface area contributed by atoms with Crippen LogP contribution in [0.4, 0.5) is 5.69 Å². The van der Waals surface area contributed by atoms with Gasteiger partial charge in [0, 0.05) is 11.0 Å². The number of carbonyl (C=O) groups is 1. The lowest BCUT2D eigenvalue weighted by atomic mass is 10.2. The van der Waals surface area contributed by atoms with Gasteiger partial charge in [0.05, 0.1) is 25.2 Å². The van der Waals surface area contributed by atoms with Gasteiger partial charge in [-0.15, -0.1) is 0 Å². The Morgan fingerprint density at radius 1 is 1.07 bits per heavy atom. The lowest BCUT2D eigenvalue weighted by Crippen LogP contribution is -2.40. The van der Waals surface area contributed by atoms with Crippen molar-refractivity contribution in [3.63, 3.8) is 0 Å². The Morgan fingerprint density at radius 2 is 1.72 bits per heavy atom. The Hall–Kier alpha value is -2.26. The van der Waals surface area contributed by atoms with Crippen LogP contribution < -0.4 is 19.1 Å². The molecule has 0 aliphatic carbocycles. The van der Waals surface area contributed by atoms with Crippen LogP contribution in [-0.4, -0.2) is 40.3 Å². The Balaban J connectivity index is 2.10. The molecule has 0 aromatic heterocycles. The van der Waals surface area contributed by atoms with Crippen molar-refractivity contribution >= 4 is 37.5 Å². The summed E-state index contributed by atoms with van der Waals surface area (Å²) in [5.74, 6) is 0.826. The first kappa shape index (κ1) is 23.0. The molecule has 158 valence electrons. The number of rotatable bonds is 10. The van der Waals surface area contributed by atoms with Gasteiger partial charge in [-0.3, -0.25) is 9.10 Å². The molecule has 0 bridgehead atoms. The summed E-state index contributed by atoms with van der Waals surface area (Å²) in [6.45, 7) is 4.70. The van der Waals surface area contributed by atoms with Crippen molar-refractivity contribution in [1.29, 1.82) is 0 Å². The maximum absolute atomic E-state index is 12.4. The molecule has 0 atom stereocenters. The van der Waals surface area contributed by atoms with E-state index in [1.165, 1.54) is 0 Å². The SMILES string of the molecule is CCOc1ccc(CNC(=O)CN(c2ccccc2Br)S(C)(=O)=O)cc1OCC. The van der Waals surface area contributed by atoms with E-state index in [0.717, 1.165) is 16.1 Å². The molecular weight excluding hydrogens is 460 g/mol. The van der Waals surface area contributed by atoms with Crippen molar-refractivity contribution in [3.05, 3.63) is 52.5 Å². The minimum Gasteiger partial charge on any atom is -0.490 e. The molecule has 0 aliphatic rings. The zero-order valence-corrected chi connectivity index (χ0v) is 19.0. The summed E-state index contributed by atoms with van der Waals surface area (Å²) in [5, 5.41) is 2.75. The highest BCUT2D eigenvalue weighted by atomic mass is 79.9. The third-order valence-electron chi connectivity index (χ3n) is 3.91. The molecule has 0 radical (unpaired) electrons. The van der Waals surface area contributed by atoms with E-state index in [2.05, 4.69) is 21.2 Å². The number of nitrogens with one attached hydrogen (secondary N) is 1. The third-order valence-corrected chi connectivity index (χ3v) is 5.70. The van der Waals surface area contributed by atoms with E-state index < -0.39 is 15.9 Å². The molecule has 29 heavy (non-hydrogen) atoms. The highest BCUT2D eigenvalue weighted by molar-refractivity contribution is 9.10. The van der Waals surface area contributed by atoms with E-state index in [0.29, 0.717) is 34.9 Å². The van der Waals surface area contributed by atoms with Gasteiger partial charge >= 0.3 is 0 Å². The van der Waals surface area contributed by atoms with Gasteiger partial charge in [0.2, 0.25) is 15.9 Å². The van der Waals surface area contributed by atoms with Crippen LogP contribution in [0.15, 0.2) is 46.9 Å². The van der Waals surface area contributed by atoms with E-state index in [1.54, 1.807) is 36.4 Å². The first-order chi connectivity index (χ1) is 13.8. The molecule has 9 heteroatoms. The van der Waals surface area contributed by atoms with Gasteiger partial charge in [-0.1, -0.05) is 18.2 Å². The minimum absolute atomic E-state index is 0.235. The molecular formula is C20H25BrN2O5S. The topological polar surface area (TPSA) is 84.9 Å². The molecule has 0 spiro atoms. The normalized spacial score (nSPS) is 11.0. The Bertz CT molecular complexity index is 950. The maximum atomic E-state index is 12.4. The van der Waals surface area contributed by atoms with Gasteiger partial charge < -0.3 is 14.8 Å². The second-order valence-corrected chi connectivity index (χ2v) is 8.91. The summed E-state index contributed by atoms with van der Waals surface area (Å²) in [7, 11) is -3.64. The van der Waals surface area contributed by atoms with Crippen LogP contribution in [0.3, 0.4) is 0 Å². The maximum Gasteiger partial charge on any atom is 0.241 e. The van der Waals surface area contributed by atoms with E-state index in [4.69, 9.17) is 9.47 Å². The summed E-state index contributed by atoms with van der Waals surface area (Å²) in [6, 6.07) is 12.3. The van der Waals surface area contributed by atoms with E-state index in [9.17, 15) is 13.2 Å². The van der Waals surface area contributed by atoms with Crippen molar-refractivity contribution in [2.75, 3.05) is 30.3 Å². The summed E-state index contributed by atoms with van der Waals surface area (Å²) >= 11 is 3.33. The van der Waals surface area contributed by atoms with Crippen LogP contribution in [-0.2, 0) is 21.4 Å². The molecule has 0 saturated heterocycles. The lowest BCUT2D eigenvalue weighted by Gasteiger charge is -2.23. The Labute approximate surface area is 180 Å². The largest absolute Gasteiger partial charge is 0.490 e. The fourth-order valence-electron chi connectivity index (χ4n) is 2.63. The quantitative estimate of drug-likeness (QED) is 0.558. The van der Waals surface area contributed by atoms with E-state index in [-0.39, 0.29) is 13.1 Å². The van der Waals surface area contributed by atoms with Gasteiger partial charge in [-0.2, -0.15) is 0 Å². The zero-order valence-electron chi connectivity index (χ0n) is 16.6. The average Bonchev–Trinajstić information content (AvgIpc) is 2.66. The van der Waals surface area contributed by atoms with Crippen LogP contribution >= 0.6 is 15.9 Å². The van der Waals surface area contributed by atoms with Gasteiger partial charge in [0.1, 0.15) is 6.54 Å². The zero-order chi connectivity index (χ0) is 21.4. The smallest absolute Gasteiger partial charge is 0.241 e. The van der Waals surface area contributed by atoms with Crippen LogP contribution in [0.25, 0.3) is 0 Å². The molecule has 0 unspecified atom stereocenters. The molecule has 0 fully saturated rings. The second-order valence-electron chi connectivity index (χ2n) is 6.14. The van der Waals surface area contributed by atoms with Gasteiger partial charge in [0.25, 0.3) is 0 Å². The molecule has 0 heterocycles. The number of para-hydroxylation sites is 1. The van der Waals surface area contributed by atoms with Crippen molar-refractivity contribution in [3.8, 4) is 11.5 Å². The Morgan fingerprint density at radius 3 is 2.34 bits per heavy atom. The van der Waals surface area contributed by atoms with Crippen molar-refractivity contribution in [2.24, 2.45) is 0 Å². The summed E-state index contributed by atoms with van der Waals surface area (Å²) in [4.78, 5) is 12.4. The van der Waals surface area contributed by atoms with Crippen LogP contribution in [0.5, 0.6) is 11.5 Å². The van der Waals surface area contributed by atoms with Gasteiger partial charge in [-0.05, 0) is 59.6 Å². The molecule has 2 aromatic carbocycles. The number of benzene rings is 2. The van der Waals surface area contributed by atoms with Crippen LogP contribution in [0, 0.1) is 0 Å². The number of nitrogens with zero attached hydrogens (tertiary/aromatic N) is 1.